The van der Waals surface area contributed by atoms with E-state index in [0.29, 0.717) is 24.5 Å². The Morgan fingerprint density at radius 1 is 1.05 bits per heavy atom. The van der Waals surface area contributed by atoms with Gasteiger partial charge in [-0.2, -0.15) is 0 Å². The maximum atomic E-state index is 13.9. The van der Waals surface area contributed by atoms with Crippen molar-refractivity contribution in [3.63, 3.8) is 0 Å². The molecular formula is C31H33N7O2. The standard InChI is InChI=1S/C31H33N7O2/c1-21-7-5-9-24-17-27(31(39)33-28(21)24)29(30-34-35-36-38(30)25-10-3-4-11-25)37(20-23-8-6-16-32-18-23)19-22-12-14-26(40-2)15-13-22/h5-9,12-18,25,29H,3-4,10-11,19-20H2,1-2H3,(H,33,39)/t29-/m0/s1. The van der Waals surface area contributed by atoms with Crippen molar-refractivity contribution in [2.24, 2.45) is 0 Å². The van der Waals surface area contributed by atoms with Crippen molar-refractivity contribution in [2.45, 2.75) is 57.8 Å². The topological polar surface area (TPSA) is 102 Å². The second kappa shape index (κ2) is 11.4. The van der Waals surface area contributed by atoms with Crippen LogP contribution in [-0.2, 0) is 13.1 Å². The molecular weight excluding hydrogens is 502 g/mol. The highest BCUT2D eigenvalue weighted by atomic mass is 16.5. The summed E-state index contributed by atoms with van der Waals surface area (Å²) in [6.07, 6.45) is 7.99. The van der Waals surface area contributed by atoms with Crippen LogP contribution in [0.2, 0.25) is 0 Å². The highest BCUT2D eigenvalue weighted by Gasteiger charge is 2.33. The van der Waals surface area contributed by atoms with Gasteiger partial charge in [0.1, 0.15) is 11.8 Å². The van der Waals surface area contributed by atoms with Gasteiger partial charge in [0.05, 0.1) is 18.7 Å². The second-order valence-corrected chi connectivity index (χ2v) is 10.5. The highest BCUT2D eigenvalue weighted by Crippen LogP contribution is 2.35. The first-order valence-corrected chi connectivity index (χ1v) is 13.8. The van der Waals surface area contributed by atoms with Crippen LogP contribution in [-0.4, -0.2) is 42.2 Å². The monoisotopic (exact) mass is 535 g/mol. The van der Waals surface area contributed by atoms with Gasteiger partial charge in [-0.05, 0) is 76.5 Å². The summed E-state index contributed by atoms with van der Waals surface area (Å²) < 4.78 is 7.35. The van der Waals surface area contributed by atoms with Crippen LogP contribution in [0.1, 0.15) is 65.8 Å². The minimum atomic E-state index is -0.494. The van der Waals surface area contributed by atoms with Gasteiger partial charge < -0.3 is 9.72 Å². The number of nitrogens with zero attached hydrogens (tertiary/aromatic N) is 6. The molecule has 1 atom stereocenters. The fraction of sp³-hybridized carbons (Fsp3) is 0.323. The number of rotatable bonds is 9. The van der Waals surface area contributed by atoms with E-state index in [0.717, 1.165) is 59.0 Å². The molecule has 5 aromatic rings. The van der Waals surface area contributed by atoms with Gasteiger partial charge in [0, 0.05) is 31.0 Å². The fourth-order valence-electron chi connectivity index (χ4n) is 5.82. The molecule has 1 N–H and O–H groups in total. The summed E-state index contributed by atoms with van der Waals surface area (Å²) in [5.74, 6) is 1.48. The smallest absolute Gasteiger partial charge is 0.253 e. The van der Waals surface area contributed by atoms with Crippen LogP contribution in [0.5, 0.6) is 5.75 Å². The van der Waals surface area contributed by atoms with E-state index in [1.807, 2.05) is 60.3 Å². The van der Waals surface area contributed by atoms with E-state index in [-0.39, 0.29) is 11.6 Å². The molecule has 1 fully saturated rings. The third-order valence-corrected chi connectivity index (χ3v) is 7.86. The summed E-state index contributed by atoms with van der Waals surface area (Å²) in [4.78, 5) is 23.6. The number of ether oxygens (including phenoxy) is 1. The molecule has 204 valence electrons. The largest absolute Gasteiger partial charge is 0.497 e. The van der Waals surface area contributed by atoms with Crippen molar-refractivity contribution in [1.29, 1.82) is 0 Å². The molecule has 0 radical (unpaired) electrons. The van der Waals surface area contributed by atoms with Crippen LogP contribution in [0.4, 0.5) is 0 Å². The zero-order valence-electron chi connectivity index (χ0n) is 22.8. The molecule has 0 saturated heterocycles. The number of hydrogen-bond donors (Lipinski definition) is 1. The van der Waals surface area contributed by atoms with Crippen LogP contribution in [0.3, 0.4) is 0 Å². The normalized spacial score (nSPS) is 14.7. The lowest BCUT2D eigenvalue weighted by Crippen LogP contribution is -2.35. The Morgan fingerprint density at radius 2 is 1.85 bits per heavy atom. The number of hydrogen-bond acceptors (Lipinski definition) is 7. The Labute approximate surface area is 232 Å². The summed E-state index contributed by atoms with van der Waals surface area (Å²) in [6.45, 7) is 3.12. The summed E-state index contributed by atoms with van der Waals surface area (Å²) in [7, 11) is 1.66. The second-order valence-electron chi connectivity index (χ2n) is 10.5. The van der Waals surface area contributed by atoms with E-state index >= 15 is 0 Å². The van der Waals surface area contributed by atoms with E-state index in [1.54, 1.807) is 13.3 Å². The molecule has 6 rings (SSSR count). The van der Waals surface area contributed by atoms with Crippen molar-refractivity contribution >= 4 is 10.9 Å². The Morgan fingerprint density at radius 3 is 2.60 bits per heavy atom. The van der Waals surface area contributed by atoms with Crippen LogP contribution < -0.4 is 10.3 Å². The Balaban J connectivity index is 1.53. The van der Waals surface area contributed by atoms with Gasteiger partial charge in [0.2, 0.25) is 0 Å². The number of fused-ring (bicyclic) bond motifs is 1. The SMILES string of the molecule is COc1ccc(CN(Cc2cccnc2)[C@@H](c2cc3cccc(C)c3[nH]c2=O)c2nnnn2C2CCCC2)cc1. The molecule has 0 spiro atoms. The number of pyridine rings is 2. The number of nitrogens with one attached hydrogen (secondary N) is 1. The number of aryl methyl sites for hydroxylation is 1. The van der Waals surface area contributed by atoms with E-state index in [4.69, 9.17) is 4.74 Å². The highest BCUT2D eigenvalue weighted by molar-refractivity contribution is 5.82. The Bertz CT molecular complexity index is 1640. The van der Waals surface area contributed by atoms with Gasteiger partial charge in [-0.25, -0.2) is 4.68 Å². The zero-order chi connectivity index (χ0) is 27.5. The summed E-state index contributed by atoms with van der Waals surface area (Å²) in [5.41, 5.74) is 4.47. The molecule has 3 aromatic heterocycles. The number of aromatic amines is 1. The Kier molecular flexibility index (Phi) is 7.37. The lowest BCUT2D eigenvalue weighted by Gasteiger charge is -2.32. The average molecular weight is 536 g/mol. The molecule has 9 heteroatoms. The third-order valence-electron chi connectivity index (χ3n) is 7.86. The molecule has 1 aliphatic carbocycles. The maximum absolute atomic E-state index is 13.9. The van der Waals surface area contributed by atoms with Gasteiger partial charge in [0.25, 0.3) is 5.56 Å². The molecule has 40 heavy (non-hydrogen) atoms. The van der Waals surface area contributed by atoms with Gasteiger partial charge in [-0.3, -0.25) is 14.7 Å². The van der Waals surface area contributed by atoms with E-state index in [2.05, 4.69) is 48.6 Å². The van der Waals surface area contributed by atoms with Crippen LogP contribution in [0.25, 0.3) is 10.9 Å². The van der Waals surface area contributed by atoms with E-state index in [9.17, 15) is 4.79 Å². The van der Waals surface area contributed by atoms with Gasteiger partial charge in [-0.1, -0.05) is 49.2 Å². The fourth-order valence-corrected chi connectivity index (χ4v) is 5.82. The van der Waals surface area contributed by atoms with Gasteiger partial charge >= 0.3 is 0 Å². The summed E-state index contributed by atoms with van der Waals surface area (Å²) in [6, 6.07) is 19.8. The summed E-state index contributed by atoms with van der Waals surface area (Å²) in [5, 5.41) is 14.1. The van der Waals surface area contributed by atoms with Crippen molar-refractivity contribution < 1.29 is 4.74 Å². The molecule has 2 aromatic carbocycles. The van der Waals surface area contributed by atoms with E-state index in [1.165, 1.54) is 0 Å². The molecule has 1 aliphatic rings. The predicted octanol–water partition coefficient (Wildman–Crippen LogP) is 5.13. The molecule has 0 unspecified atom stereocenters. The maximum Gasteiger partial charge on any atom is 0.253 e. The minimum Gasteiger partial charge on any atom is -0.497 e. The lowest BCUT2D eigenvalue weighted by molar-refractivity contribution is 0.190. The van der Waals surface area contributed by atoms with Gasteiger partial charge in [0.15, 0.2) is 5.82 Å². The van der Waals surface area contributed by atoms with Crippen LogP contribution >= 0.6 is 0 Å². The molecule has 3 heterocycles. The lowest BCUT2D eigenvalue weighted by atomic mass is 10.0. The van der Waals surface area contributed by atoms with Crippen molar-refractivity contribution in [3.8, 4) is 5.75 Å². The Hall–Kier alpha value is -4.37. The number of methoxy groups -OCH3 is 1. The van der Waals surface area contributed by atoms with E-state index < -0.39 is 6.04 Å². The molecule has 0 bridgehead atoms. The average Bonchev–Trinajstić information content (AvgIpc) is 3.68. The molecule has 9 nitrogen and oxygen atoms in total. The quantitative estimate of drug-likeness (QED) is 0.279. The zero-order valence-corrected chi connectivity index (χ0v) is 22.8. The summed E-state index contributed by atoms with van der Waals surface area (Å²) >= 11 is 0. The number of H-pyrrole nitrogens is 1. The van der Waals surface area contributed by atoms with Crippen LogP contribution in [0.15, 0.2) is 77.9 Å². The number of benzene rings is 2. The van der Waals surface area contributed by atoms with Crippen LogP contribution in [0, 0.1) is 6.92 Å². The minimum absolute atomic E-state index is 0.140. The van der Waals surface area contributed by atoms with Crippen molar-refractivity contribution in [3.05, 3.63) is 111 Å². The number of para-hydroxylation sites is 1. The predicted molar refractivity (Wildman–Crippen MR) is 153 cm³/mol. The molecule has 0 amide bonds. The third kappa shape index (κ3) is 5.24. The van der Waals surface area contributed by atoms with Crippen molar-refractivity contribution in [2.75, 3.05) is 7.11 Å². The first-order chi connectivity index (χ1) is 19.6. The first-order valence-electron chi connectivity index (χ1n) is 13.8. The number of aromatic nitrogens is 6. The number of tetrazole rings is 1. The van der Waals surface area contributed by atoms with Gasteiger partial charge in [-0.15, -0.1) is 5.10 Å². The molecule has 0 aliphatic heterocycles. The van der Waals surface area contributed by atoms with Crippen molar-refractivity contribution in [1.82, 2.24) is 35.1 Å². The molecule has 1 saturated carbocycles. The first kappa shape index (κ1) is 25.9.